The first-order valence-electron chi connectivity index (χ1n) is 9.78. The zero-order chi connectivity index (χ0) is 20.4. The van der Waals surface area contributed by atoms with Gasteiger partial charge in [-0.1, -0.05) is 41.9 Å². The summed E-state index contributed by atoms with van der Waals surface area (Å²) in [4.78, 5) is 15.2. The molecule has 29 heavy (non-hydrogen) atoms. The fourth-order valence-corrected chi connectivity index (χ4v) is 4.10. The number of rotatable bonds is 6. The zero-order valence-electron chi connectivity index (χ0n) is 16.6. The Morgan fingerprint density at radius 1 is 1.17 bits per heavy atom. The van der Waals surface area contributed by atoms with E-state index in [-0.39, 0.29) is 11.9 Å². The number of halogens is 1. The lowest BCUT2D eigenvalue weighted by molar-refractivity contribution is 0.0595. The van der Waals surface area contributed by atoms with E-state index in [0.29, 0.717) is 17.3 Å². The molecule has 0 aliphatic heterocycles. The molecule has 150 valence electrons. The number of amides is 1. The second-order valence-electron chi connectivity index (χ2n) is 7.31. The molecule has 4 rings (SSSR count). The minimum atomic E-state index is -0.219. The van der Waals surface area contributed by atoms with Crippen molar-refractivity contribution in [1.82, 2.24) is 14.7 Å². The monoisotopic (exact) mass is 409 g/mol. The van der Waals surface area contributed by atoms with Crippen LogP contribution in [0, 0.1) is 0 Å². The van der Waals surface area contributed by atoms with Gasteiger partial charge in [-0.05, 0) is 49.1 Å². The van der Waals surface area contributed by atoms with Crippen LogP contribution in [0.5, 0.6) is 0 Å². The number of para-hydroxylation sites is 1. The van der Waals surface area contributed by atoms with E-state index in [1.165, 1.54) is 0 Å². The molecule has 0 saturated heterocycles. The number of ether oxygens (including phenoxy) is 1. The maximum atomic E-state index is 13.5. The lowest BCUT2D eigenvalue weighted by Gasteiger charge is -2.28. The topological polar surface area (TPSA) is 47.4 Å². The number of methoxy groups -OCH3 is 1. The van der Waals surface area contributed by atoms with E-state index in [9.17, 15) is 4.79 Å². The standard InChI is InChI=1S/C23H24ClN3O2/c1-26(21(15-29-2)16-11-13-17(24)14-12-16)23(28)22-19-9-6-10-20(19)27(25-22)18-7-4-3-5-8-18/h3-5,7-8,11-14,21H,6,9-10,15H2,1-2H3. The predicted octanol–water partition coefficient (Wildman–Crippen LogP) is 4.47. The van der Waals surface area contributed by atoms with Gasteiger partial charge in [-0.2, -0.15) is 5.10 Å². The van der Waals surface area contributed by atoms with Gasteiger partial charge in [-0.3, -0.25) is 4.79 Å². The number of hydrogen-bond acceptors (Lipinski definition) is 3. The van der Waals surface area contributed by atoms with Gasteiger partial charge in [-0.15, -0.1) is 0 Å². The number of carbonyl (C=O) groups is 1. The first kappa shape index (κ1) is 19.7. The number of aromatic nitrogens is 2. The smallest absolute Gasteiger partial charge is 0.275 e. The van der Waals surface area contributed by atoms with Gasteiger partial charge in [0, 0.05) is 30.4 Å². The molecule has 3 aromatic rings. The molecule has 0 N–H and O–H groups in total. The highest BCUT2D eigenvalue weighted by Gasteiger charge is 2.31. The predicted molar refractivity (Wildman–Crippen MR) is 114 cm³/mol. The van der Waals surface area contributed by atoms with Crippen molar-refractivity contribution in [2.45, 2.75) is 25.3 Å². The minimum Gasteiger partial charge on any atom is -0.382 e. The number of nitrogens with zero attached hydrogens (tertiary/aromatic N) is 3. The molecule has 1 aliphatic rings. The molecular weight excluding hydrogens is 386 g/mol. The number of benzene rings is 2. The Balaban J connectivity index is 1.69. The summed E-state index contributed by atoms with van der Waals surface area (Å²) in [7, 11) is 3.45. The summed E-state index contributed by atoms with van der Waals surface area (Å²) in [6, 6.07) is 17.3. The molecule has 0 saturated carbocycles. The van der Waals surface area contributed by atoms with E-state index < -0.39 is 0 Å². The summed E-state index contributed by atoms with van der Waals surface area (Å²) in [5.41, 5.74) is 4.71. The Morgan fingerprint density at radius 3 is 2.59 bits per heavy atom. The van der Waals surface area contributed by atoms with Crippen LogP contribution < -0.4 is 0 Å². The Hall–Kier alpha value is -2.63. The van der Waals surface area contributed by atoms with Gasteiger partial charge in [0.15, 0.2) is 5.69 Å². The number of carbonyl (C=O) groups excluding carboxylic acids is 1. The van der Waals surface area contributed by atoms with Crippen LogP contribution in [-0.2, 0) is 17.6 Å². The van der Waals surface area contributed by atoms with E-state index in [1.54, 1.807) is 12.0 Å². The van der Waals surface area contributed by atoms with Crippen LogP contribution >= 0.6 is 11.6 Å². The first-order valence-corrected chi connectivity index (χ1v) is 10.2. The summed E-state index contributed by atoms with van der Waals surface area (Å²) in [6.45, 7) is 0.394. The van der Waals surface area contributed by atoms with Gasteiger partial charge in [0.1, 0.15) is 0 Å². The van der Waals surface area contributed by atoms with Crippen molar-refractivity contribution >= 4 is 17.5 Å². The molecule has 6 heteroatoms. The van der Waals surface area contributed by atoms with Crippen LogP contribution in [0.2, 0.25) is 5.02 Å². The third-order valence-electron chi connectivity index (χ3n) is 5.50. The highest BCUT2D eigenvalue weighted by atomic mass is 35.5. The van der Waals surface area contributed by atoms with Crippen molar-refractivity contribution in [2.75, 3.05) is 20.8 Å². The fraction of sp³-hybridized carbons (Fsp3) is 0.304. The van der Waals surface area contributed by atoms with Crippen molar-refractivity contribution in [3.8, 4) is 5.69 Å². The third kappa shape index (κ3) is 3.80. The highest BCUT2D eigenvalue weighted by Crippen LogP contribution is 2.30. The lowest BCUT2D eigenvalue weighted by Crippen LogP contribution is -2.34. The number of hydrogen-bond donors (Lipinski definition) is 0. The molecule has 1 unspecified atom stereocenters. The van der Waals surface area contributed by atoms with Gasteiger partial charge >= 0.3 is 0 Å². The van der Waals surface area contributed by atoms with Crippen LogP contribution in [-0.4, -0.2) is 41.4 Å². The molecule has 1 heterocycles. The van der Waals surface area contributed by atoms with E-state index in [4.69, 9.17) is 21.4 Å². The summed E-state index contributed by atoms with van der Waals surface area (Å²) in [6.07, 6.45) is 2.86. The minimum absolute atomic E-state index is 0.0881. The maximum absolute atomic E-state index is 13.5. The third-order valence-corrected chi connectivity index (χ3v) is 5.75. The summed E-state index contributed by atoms with van der Waals surface area (Å²) >= 11 is 6.03. The molecule has 1 atom stereocenters. The molecule has 0 radical (unpaired) electrons. The second-order valence-corrected chi connectivity index (χ2v) is 7.75. The van der Waals surface area contributed by atoms with Gasteiger partial charge < -0.3 is 9.64 Å². The molecule has 0 spiro atoms. The van der Waals surface area contributed by atoms with Crippen LogP contribution in [0.3, 0.4) is 0 Å². The van der Waals surface area contributed by atoms with Crippen LogP contribution in [0.1, 0.15) is 39.8 Å². The molecule has 2 aromatic carbocycles. The summed E-state index contributed by atoms with van der Waals surface area (Å²) < 4.78 is 7.34. The highest BCUT2D eigenvalue weighted by molar-refractivity contribution is 6.30. The molecule has 1 amide bonds. The maximum Gasteiger partial charge on any atom is 0.275 e. The second kappa shape index (κ2) is 8.39. The SMILES string of the molecule is COCC(c1ccc(Cl)cc1)N(C)C(=O)c1nn(-c2ccccc2)c2c1CCC2. The Bertz CT molecular complexity index is 999. The van der Waals surface area contributed by atoms with E-state index in [2.05, 4.69) is 0 Å². The van der Waals surface area contributed by atoms with Gasteiger partial charge in [0.2, 0.25) is 0 Å². The molecule has 0 fully saturated rings. The zero-order valence-corrected chi connectivity index (χ0v) is 17.4. The average molecular weight is 410 g/mol. The first-order chi connectivity index (χ1) is 14.1. The van der Waals surface area contributed by atoms with Gasteiger partial charge in [0.05, 0.1) is 18.3 Å². The van der Waals surface area contributed by atoms with Crippen LogP contribution in [0.25, 0.3) is 5.69 Å². The quantitative estimate of drug-likeness (QED) is 0.603. The number of fused-ring (bicyclic) bond motifs is 1. The van der Waals surface area contributed by atoms with Crippen molar-refractivity contribution in [3.63, 3.8) is 0 Å². The van der Waals surface area contributed by atoms with E-state index in [1.807, 2.05) is 66.3 Å². The van der Waals surface area contributed by atoms with Crippen LogP contribution in [0.4, 0.5) is 0 Å². The fourth-order valence-electron chi connectivity index (χ4n) is 3.97. The van der Waals surface area contributed by atoms with E-state index >= 15 is 0 Å². The molecule has 1 aromatic heterocycles. The molecular formula is C23H24ClN3O2. The Morgan fingerprint density at radius 2 is 1.90 bits per heavy atom. The molecule has 0 bridgehead atoms. The number of likely N-dealkylation sites (N-methyl/N-ethyl adjacent to an activating group) is 1. The van der Waals surface area contributed by atoms with Gasteiger partial charge in [-0.25, -0.2) is 4.68 Å². The van der Waals surface area contributed by atoms with Gasteiger partial charge in [0.25, 0.3) is 5.91 Å². The lowest BCUT2D eigenvalue weighted by atomic mass is 10.1. The molecule has 5 nitrogen and oxygen atoms in total. The summed E-state index contributed by atoms with van der Waals surface area (Å²) in [5.74, 6) is -0.0881. The van der Waals surface area contributed by atoms with Crippen LogP contribution in [0.15, 0.2) is 54.6 Å². The van der Waals surface area contributed by atoms with Crippen molar-refractivity contribution < 1.29 is 9.53 Å². The summed E-state index contributed by atoms with van der Waals surface area (Å²) in [5, 5.41) is 5.40. The molecule has 1 aliphatic carbocycles. The Kier molecular flexibility index (Phi) is 5.69. The van der Waals surface area contributed by atoms with E-state index in [0.717, 1.165) is 41.8 Å². The van der Waals surface area contributed by atoms with Crippen molar-refractivity contribution in [1.29, 1.82) is 0 Å². The Labute approximate surface area is 175 Å². The average Bonchev–Trinajstić information content (AvgIpc) is 3.35. The van der Waals surface area contributed by atoms with Crippen molar-refractivity contribution in [2.24, 2.45) is 0 Å². The largest absolute Gasteiger partial charge is 0.382 e. The van der Waals surface area contributed by atoms with Crippen molar-refractivity contribution in [3.05, 3.63) is 82.1 Å². The normalized spacial score (nSPS) is 13.9.